The molecule has 1 aromatic carbocycles. The van der Waals surface area contributed by atoms with Crippen molar-refractivity contribution in [3.63, 3.8) is 0 Å². The molecule has 0 aliphatic carbocycles. The first-order chi connectivity index (χ1) is 8.91. The van der Waals surface area contributed by atoms with Gasteiger partial charge in [-0.1, -0.05) is 12.1 Å². The number of aliphatic hydroxyl groups excluding tert-OH is 1. The van der Waals surface area contributed by atoms with E-state index >= 15 is 0 Å². The summed E-state index contributed by atoms with van der Waals surface area (Å²) in [6.07, 6.45) is -1.21. The first kappa shape index (κ1) is 15.5. The van der Waals surface area contributed by atoms with Gasteiger partial charge in [-0.25, -0.2) is 9.18 Å². The van der Waals surface area contributed by atoms with E-state index in [-0.39, 0.29) is 5.75 Å². The molecule has 0 unspecified atom stereocenters. The van der Waals surface area contributed by atoms with Crippen LogP contribution in [0.5, 0.6) is 0 Å². The summed E-state index contributed by atoms with van der Waals surface area (Å²) < 4.78 is 13.3. The zero-order valence-electron chi connectivity index (χ0n) is 10.2. The first-order valence-corrected chi connectivity index (χ1v) is 6.48. The lowest BCUT2D eigenvalue weighted by Gasteiger charge is -2.16. The van der Waals surface area contributed by atoms with E-state index in [4.69, 9.17) is 5.11 Å². The second kappa shape index (κ2) is 7.10. The van der Waals surface area contributed by atoms with E-state index in [9.17, 15) is 19.1 Å². The van der Waals surface area contributed by atoms with Crippen LogP contribution in [0.3, 0.4) is 0 Å². The molecular formula is C12H14FNO4S. The average molecular weight is 287 g/mol. The summed E-state index contributed by atoms with van der Waals surface area (Å²) in [4.78, 5) is 22.6. The maximum Gasteiger partial charge on any atom is 0.328 e. The number of benzene rings is 1. The average Bonchev–Trinajstić information content (AvgIpc) is 2.34. The Labute approximate surface area is 113 Å². The highest BCUT2D eigenvalue weighted by atomic mass is 32.2. The lowest BCUT2D eigenvalue weighted by molar-refractivity contribution is -0.144. The fourth-order valence-electron chi connectivity index (χ4n) is 1.31. The summed E-state index contributed by atoms with van der Waals surface area (Å²) in [5, 5.41) is 20.2. The summed E-state index contributed by atoms with van der Waals surface area (Å²) in [6, 6.07) is 4.60. The molecule has 0 spiro atoms. The molecule has 0 heterocycles. The van der Waals surface area contributed by atoms with Crippen LogP contribution in [0.4, 0.5) is 4.39 Å². The standard InChI is InChI=1S/C12H14FNO4S/c1-7(15)11(12(17)18)14-10(16)6-19-9-5-3-2-4-8(9)13/h2-5,7,11,15H,6H2,1H3,(H,14,16)(H,17,18)/t7-,11+/m1/s1. The van der Waals surface area contributed by atoms with Crippen LogP contribution in [0.2, 0.25) is 0 Å². The second-order valence-corrected chi connectivity index (χ2v) is 4.86. The molecule has 0 aromatic heterocycles. The van der Waals surface area contributed by atoms with Crippen molar-refractivity contribution in [3.8, 4) is 0 Å². The van der Waals surface area contributed by atoms with Crippen LogP contribution in [0.1, 0.15) is 6.92 Å². The summed E-state index contributed by atoms with van der Waals surface area (Å²) in [7, 11) is 0. The van der Waals surface area contributed by atoms with Gasteiger partial charge in [-0.2, -0.15) is 0 Å². The molecule has 1 rings (SSSR count). The predicted molar refractivity (Wildman–Crippen MR) is 68.4 cm³/mol. The predicted octanol–water partition coefficient (Wildman–Crippen LogP) is 0.868. The number of aliphatic hydroxyl groups is 1. The van der Waals surface area contributed by atoms with Crippen LogP contribution in [0.15, 0.2) is 29.2 Å². The van der Waals surface area contributed by atoms with Crippen molar-refractivity contribution in [1.82, 2.24) is 5.32 Å². The van der Waals surface area contributed by atoms with Crippen molar-refractivity contribution in [2.45, 2.75) is 24.0 Å². The van der Waals surface area contributed by atoms with Crippen molar-refractivity contribution in [2.75, 3.05) is 5.75 Å². The number of carboxylic acids is 1. The van der Waals surface area contributed by atoms with Gasteiger partial charge in [-0.15, -0.1) is 11.8 Å². The molecule has 5 nitrogen and oxygen atoms in total. The van der Waals surface area contributed by atoms with Crippen LogP contribution in [-0.4, -0.2) is 40.0 Å². The van der Waals surface area contributed by atoms with E-state index in [0.29, 0.717) is 4.90 Å². The number of rotatable bonds is 6. The van der Waals surface area contributed by atoms with E-state index < -0.39 is 29.8 Å². The molecule has 0 radical (unpaired) electrons. The van der Waals surface area contributed by atoms with Gasteiger partial charge in [0.15, 0.2) is 6.04 Å². The Kier molecular flexibility index (Phi) is 5.78. The number of carbonyl (C=O) groups excluding carboxylic acids is 1. The van der Waals surface area contributed by atoms with Crippen molar-refractivity contribution in [2.24, 2.45) is 0 Å². The maximum atomic E-state index is 13.3. The van der Waals surface area contributed by atoms with Crippen LogP contribution in [0, 0.1) is 5.82 Å². The quantitative estimate of drug-likeness (QED) is 0.676. The van der Waals surface area contributed by atoms with Gasteiger partial charge in [0, 0.05) is 4.90 Å². The first-order valence-electron chi connectivity index (χ1n) is 5.49. The number of halogens is 1. The molecule has 19 heavy (non-hydrogen) atoms. The summed E-state index contributed by atoms with van der Waals surface area (Å²) in [5.41, 5.74) is 0. The lowest BCUT2D eigenvalue weighted by Crippen LogP contribution is -2.48. The number of aliphatic carboxylic acids is 1. The molecule has 0 saturated carbocycles. The number of amides is 1. The van der Waals surface area contributed by atoms with E-state index in [2.05, 4.69) is 5.32 Å². The fourth-order valence-corrected chi connectivity index (χ4v) is 2.06. The highest BCUT2D eigenvalue weighted by Gasteiger charge is 2.24. The largest absolute Gasteiger partial charge is 0.480 e. The Bertz CT molecular complexity index is 467. The Morgan fingerprint density at radius 3 is 2.58 bits per heavy atom. The van der Waals surface area contributed by atoms with Gasteiger partial charge in [-0.3, -0.25) is 4.79 Å². The molecule has 0 saturated heterocycles. The number of nitrogens with one attached hydrogen (secondary N) is 1. The van der Waals surface area contributed by atoms with E-state index in [0.717, 1.165) is 11.8 Å². The third-order valence-corrected chi connectivity index (χ3v) is 3.31. The van der Waals surface area contributed by atoms with E-state index in [1.165, 1.54) is 25.1 Å². The molecule has 1 amide bonds. The van der Waals surface area contributed by atoms with E-state index in [1.807, 2.05) is 0 Å². The number of hydrogen-bond acceptors (Lipinski definition) is 4. The van der Waals surface area contributed by atoms with Crippen LogP contribution in [-0.2, 0) is 9.59 Å². The molecule has 0 aliphatic heterocycles. The molecule has 1 aromatic rings. The minimum Gasteiger partial charge on any atom is -0.480 e. The number of hydrogen-bond donors (Lipinski definition) is 3. The molecular weight excluding hydrogens is 273 g/mol. The highest BCUT2D eigenvalue weighted by molar-refractivity contribution is 8.00. The maximum absolute atomic E-state index is 13.3. The highest BCUT2D eigenvalue weighted by Crippen LogP contribution is 2.20. The van der Waals surface area contributed by atoms with Gasteiger partial charge in [0.1, 0.15) is 5.82 Å². The number of carbonyl (C=O) groups is 2. The van der Waals surface area contributed by atoms with Gasteiger partial charge >= 0.3 is 5.97 Å². The molecule has 104 valence electrons. The van der Waals surface area contributed by atoms with Crippen LogP contribution in [0.25, 0.3) is 0 Å². The third kappa shape index (κ3) is 4.88. The Morgan fingerprint density at radius 1 is 1.42 bits per heavy atom. The van der Waals surface area contributed by atoms with Gasteiger partial charge in [0.25, 0.3) is 0 Å². The van der Waals surface area contributed by atoms with E-state index in [1.54, 1.807) is 6.07 Å². The van der Waals surface area contributed by atoms with Crippen molar-refractivity contribution in [1.29, 1.82) is 0 Å². The molecule has 7 heteroatoms. The lowest BCUT2D eigenvalue weighted by atomic mass is 10.2. The Balaban J connectivity index is 2.52. The molecule has 0 aliphatic rings. The van der Waals surface area contributed by atoms with Gasteiger partial charge < -0.3 is 15.5 Å². The van der Waals surface area contributed by atoms with Crippen molar-refractivity contribution >= 4 is 23.6 Å². The zero-order valence-corrected chi connectivity index (χ0v) is 11.0. The van der Waals surface area contributed by atoms with Gasteiger partial charge in [-0.05, 0) is 19.1 Å². The minimum absolute atomic E-state index is 0.128. The van der Waals surface area contributed by atoms with Crippen LogP contribution < -0.4 is 5.32 Å². The Hall–Kier alpha value is -1.60. The monoisotopic (exact) mass is 287 g/mol. The summed E-state index contributed by atoms with van der Waals surface area (Å²) in [6.45, 7) is 1.27. The van der Waals surface area contributed by atoms with Crippen molar-refractivity contribution in [3.05, 3.63) is 30.1 Å². The molecule has 0 fully saturated rings. The number of carboxylic acid groups (broad SMARTS) is 1. The second-order valence-electron chi connectivity index (χ2n) is 3.84. The summed E-state index contributed by atoms with van der Waals surface area (Å²) >= 11 is 0.959. The van der Waals surface area contributed by atoms with Gasteiger partial charge in [0.2, 0.25) is 5.91 Å². The third-order valence-electron chi connectivity index (χ3n) is 2.26. The Morgan fingerprint density at radius 2 is 2.05 bits per heavy atom. The fraction of sp³-hybridized carbons (Fsp3) is 0.333. The molecule has 0 bridgehead atoms. The normalized spacial score (nSPS) is 13.6. The smallest absolute Gasteiger partial charge is 0.328 e. The van der Waals surface area contributed by atoms with Gasteiger partial charge in [0.05, 0.1) is 11.9 Å². The number of thioether (sulfide) groups is 1. The topological polar surface area (TPSA) is 86.6 Å². The molecule has 2 atom stereocenters. The SMILES string of the molecule is C[C@@H](O)[C@H](NC(=O)CSc1ccccc1F)C(=O)O. The zero-order chi connectivity index (χ0) is 14.4. The summed E-state index contributed by atoms with van der Waals surface area (Å²) in [5.74, 6) is -2.47. The molecule has 3 N–H and O–H groups in total. The van der Waals surface area contributed by atoms with Crippen LogP contribution >= 0.6 is 11.8 Å². The minimum atomic E-state index is -1.37. The van der Waals surface area contributed by atoms with Crippen molar-refractivity contribution < 1.29 is 24.2 Å².